The van der Waals surface area contributed by atoms with Crippen molar-refractivity contribution in [3.05, 3.63) is 72.2 Å². The third kappa shape index (κ3) is 3.67. The number of carbonyl (C=O) groups excluding carboxylic acids is 1. The molecule has 0 aliphatic heterocycles. The molecule has 3 aromatic rings. The van der Waals surface area contributed by atoms with Crippen LogP contribution in [0.2, 0.25) is 0 Å². The summed E-state index contributed by atoms with van der Waals surface area (Å²) >= 11 is 0. The lowest BCUT2D eigenvalue weighted by Crippen LogP contribution is -2.16. The molecule has 3 rings (SSSR count). The van der Waals surface area contributed by atoms with Gasteiger partial charge in [0.2, 0.25) is 0 Å². The molecule has 2 aromatic carbocycles. The highest BCUT2D eigenvalue weighted by Gasteiger charge is 2.12. The van der Waals surface area contributed by atoms with Gasteiger partial charge in [-0.15, -0.1) is 0 Å². The summed E-state index contributed by atoms with van der Waals surface area (Å²) in [6, 6.07) is 14.8. The number of hydrogen-bond donors (Lipinski definition) is 2. The molecule has 6 nitrogen and oxygen atoms in total. The van der Waals surface area contributed by atoms with Gasteiger partial charge in [-0.1, -0.05) is 17.7 Å². The summed E-state index contributed by atoms with van der Waals surface area (Å²) in [5.41, 5.74) is 7.52. The van der Waals surface area contributed by atoms with Crippen molar-refractivity contribution in [2.24, 2.45) is 0 Å². The van der Waals surface area contributed by atoms with Crippen molar-refractivity contribution < 1.29 is 9.53 Å². The Labute approximate surface area is 139 Å². The Balaban J connectivity index is 1.67. The number of nitrogens with two attached hydrogens (primary N) is 1. The molecule has 1 heterocycles. The number of nitrogens with zero attached hydrogens (tertiary/aromatic N) is 2. The first-order valence-electron chi connectivity index (χ1n) is 7.34. The Kier molecular flexibility index (Phi) is 4.38. The molecule has 0 aliphatic carbocycles. The van der Waals surface area contributed by atoms with Crippen LogP contribution in [0.5, 0.6) is 11.5 Å². The van der Waals surface area contributed by atoms with Gasteiger partial charge in [0.05, 0.1) is 0 Å². The van der Waals surface area contributed by atoms with E-state index in [-0.39, 0.29) is 11.5 Å². The molecule has 3 N–H and O–H groups in total. The fraction of sp³-hybridized carbons (Fsp3) is 0.0556. The molecule has 0 saturated heterocycles. The van der Waals surface area contributed by atoms with Crippen LogP contribution in [0.3, 0.4) is 0 Å². The third-order valence-corrected chi connectivity index (χ3v) is 3.31. The van der Waals surface area contributed by atoms with Crippen LogP contribution >= 0.6 is 0 Å². The number of nitrogens with one attached hydrogen (secondary N) is 1. The summed E-state index contributed by atoms with van der Waals surface area (Å²) < 4.78 is 5.74. The molecule has 0 spiro atoms. The van der Waals surface area contributed by atoms with Gasteiger partial charge < -0.3 is 15.8 Å². The number of anilines is 2. The lowest BCUT2D eigenvalue weighted by Gasteiger charge is -2.08. The second kappa shape index (κ2) is 6.78. The molecule has 0 unspecified atom stereocenters. The van der Waals surface area contributed by atoms with Crippen LogP contribution in [0, 0.1) is 6.92 Å². The number of aromatic nitrogens is 2. The average Bonchev–Trinajstić information content (AvgIpc) is 2.59. The number of rotatable bonds is 4. The van der Waals surface area contributed by atoms with Crippen LogP contribution in [-0.4, -0.2) is 15.9 Å². The molecule has 1 aromatic heterocycles. The van der Waals surface area contributed by atoms with Gasteiger partial charge in [-0.2, -0.15) is 0 Å². The summed E-state index contributed by atoms with van der Waals surface area (Å²) in [4.78, 5) is 19.9. The van der Waals surface area contributed by atoms with Crippen LogP contribution in [0.15, 0.2) is 60.9 Å². The highest BCUT2D eigenvalue weighted by atomic mass is 16.5. The maximum Gasteiger partial charge on any atom is 0.278 e. The van der Waals surface area contributed by atoms with E-state index in [1.807, 2.05) is 31.2 Å². The number of aryl methyl sites for hydroxylation is 1. The number of hydrogen-bond acceptors (Lipinski definition) is 5. The van der Waals surface area contributed by atoms with Gasteiger partial charge in [0.1, 0.15) is 11.5 Å². The Morgan fingerprint density at radius 2 is 1.54 bits per heavy atom. The van der Waals surface area contributed by atoms with Crippen molar-refractivity contribution >= 4 is 17.4 Å². The first kappa shape index (κ1) is 15.5. The first-order valence-corrected chi connectivity index (χ1v) is 7.34. The number of amides is 1. The quantitative estimate of drug-likeness (QED) is 0.769. The topological polar surface area (TPSA) is 90.1 Å². The van der Waals surface area contributed by atoms with Gasteiger partial charge in [-0.05, 0) is 43.3 Å². The monoisotopic (exact) mass is 320 g/mol. The van der Waals surface area contributed by atoms with Crippen molar-refractivity contribution in [3.63, 3.8) is 0 Å². The molecular formula is C18H16N4O2. The summed E-state index contributed by atoms with van der Waals surface area (Å²) in [6.45, 7) is 2.02. The second-order valence-corrected chi connectivity index (χ2v) is 5.18. The van der Waals surface area contributed by atoms with Crippen LogP contribution in [0.4, 0.5) is 11.5 Å². The number of carbonyl (C=O) groups is 1. The predicted molar refractivity (Wildman–Crippen MR) is 92.1 cm³/mol. The molecule has 6 heteroatoms. The minimum atomic E-state index is -0.409. The van der Waals surface area contributed by atoms with Gasteiger partial charge >= 0.3 is 0 Å². The van der Waals surface area contributed by atoms with Gasteiger partial charge in [-0.25, -0.2) is 9.97 Å². The van der Waals surface area contributed by atoms with Gasteiger partial charge in [0.25, 0.3) is 5.91 Å². The van der Waals surface area contributed by atoms with Crippen molar-refractivity contribution in [2.75, 3.05) is 11.1 Å². The summed E-state index contributed by atoms with van der Waals surface area (Å²) in [5.74, 6) is 1.11. The van der Waals surface area contributed by atoms with Crippen molar-refractivity contribution in [1.29, 1.82) is 0 Å². The third-order valence-electron chi connectivity index (χ3n) is 3.31. The molecule has 120 valence electrons. The SMILES string of the molecule is Cc1ccc(Oc2ccc(NC(=O)c3nccnc3N)cc2)cc1. The van der Waals surface area contributed by atoms with Gasteiger partial charge in [-0.3, -0.25) is 4.79 Å². The van der Waals surface area contributed by atoms with Crippen LogP contribution < -0.4 is 15.8 Å². The molecule has 0 bridgehead atoms. The van der Waals surface area contributed by atoms with E-state index < -0.39 is 5.91 Å². The normalized spacial score (nSPS) is 10.2. The zero-order chi connectivity index (χ0) is 16.9. The molecule has 0 aliphatic rings. The summed E-state index contributed by atoms with van der Waals surface area (Å²) in [7, 11) is 0. The molecular weight excluding hydrogens is 304 g/mol. The fourth-order valence-electron chi connectivity index (χ4n) is 2.06. The molecule has 0 saturated carbocycles. The van der Waals surface area contributed by atoms with Crippen LogP contribution in [-0.2, 0) is 0 Å². The minimum absolute atomic E-state index is 0.0920. The molecule has 24 heavy (non-hydrogen) atoms. The van der Waals surface area contributed by atoms with E-state index in [2.05, 4.69) is 15.3 Å². The Bertz CT molecular complexity index is 846. The molecule has 1 amide bonds. The summed E-state index contributed by atoms with van der Waals surface area (Å²) in [6.07, 6.45) is 2.85. The second-order valence-electron chi connectivity index (χ2n) is 5.18. The minimum Gasteiger partial charge on any atom is -0.457 e. The zero-order valence-corrected chi connectivity index (χ0v) is 13.1. The zero-order valence-electron chi connectivity index (χ0n) is 13.1. The highest BCUT2D eigenvalue weighted by Crippen LogP contribution is 2.23. The molecule has 0 radical (unpaired) electrons. The average molecular weight is 320 g/mol. The highest BCUT2D eigenvalue weighted by molar-refractivity contribution is 6.05. The van der Waals surface area contributed by atoms with Crippen molar-refractivity contribution in [2.45, 2.75) is 6.92 Å². The largest absolute Gasteiger partial charge is 0.457 e. The van der Waals surface area contributed by atoms with Crippen LogP contribution in [0.25, 0.3) is 0 Å². The van der Waals surface area contributed by atoms with E-state index in [9.17, 15) is 4.79 Å². The first-order chi connectivity index (χ1) is 11.6. The van der Waals surface area contributed by atoms with E-state index >= 15 is 0 Å². The van der Waals surface area contributed by atoms with E-state index in [4.69, 9.17) is 10.5 Å². The van der Waals surface area contributed by atoms with Gasteiger partial charge in [0, 0.05) is 18.1 Å². The Hall–Kier alpha value is -3.41. The number of benzene rings is 2. The van der Waals surface area contributed by atoms with E-state index in [0.717, 1.165) is 5.75 Å². The van der Waals surface area contributed by atoms with E-state index in [1.54, 1.807) is 24.3 Å². The maximum atomic E-state index is 12.1. The Morgan fingerprint density at radius 3 is 2.17 bits per heavy atom. The lowest BCUT2D eigenvalue weighted by atomic mass is 10.2. The molecule has 0 fully saturated rings. The predicted octanol–water partition coefficient (Wildman–Crippen LogP) is 3.41. The molecule has 0 atom stereocenters. The Morgan fingerprint density at radius 1 is 0.958 bits per heavy atom. The van der Waals surface area contributed by atoms with Gasteiger partial charge in [0.15, 0.2) is 11.5 Å². The summed E-state index contributed by atoms with van der Waals surface area (Å²) in [5, 5.41) is 2.72. The smallest absolute Gasteiger partial charge is 0.278 e. The standard InChI is InChI=1S/C18H16N4O2/c1-12-2-6-14(7-3-12)24-15-8-4-13(5-9-15)22-18(23)16-17(19)21-11-10-20-16/h2-11H,1H3,(H2,19,21)(H,22,23). The van der Waals surface area contributed by atoms with Crippen LogP contribution in [0.1, 0.15) is 16.1 Å². The van der Waals surface area contributed by atoms with Crippen molar-refractivity contribution in [1.82, 2.24) is 9.97 Å². The van der Waals surface area contributed by atoms with Crippen molar-refractivity contribution in [3.8, 4) is 11.5 Å². The fourth-order valence-corrected chi connectivity index (χ4v) is 2.06. The number of nitrogen functional groups attached to an aromatic ring is 1. The number of ether oxygens (including phenoxy) is 1. The van der Waals surface area contributed by atoms with E-state index in [0.29, 0.717) is 11.4 Å². The lowest BCUT2D eigenvalue weighted by molar-refractivity contribution is 0.102. The maximum absolute atomic E-state index is 12.1. The van der Waals surface area contributed by atoms with E-state index in [1.165, 1.54) is 18.0 Å².